The van der Waals surface area contributed by atoms with E-state index in [1.807, 2.05) is 32.0 Å². The van der Waals surface area contributed by atoms with Gasteiger partial charge >= 0.3 is 0 Å². The molecule has 0 aliphatic heterocycles. The normalized spacial score (nSPS) is 11.4. The van der Waals surface area contributed by atoms with Crippen molar-refractivity contribution in [1.82, 2.24) is 0 Å². The zero-order chi connectivity index (χ0) is 12.0. The summed E-state index contributed by atoms with van der Waals surface area (Å²) in [6.45, 7) is 4.04. The summed E-state index contributed by atoms with van der Waals surface area (Å²) < 4.78 is 17.6. The second kappa shape index (κ2) is 6.10. The summed E-state index contributed by atoms with van der Waals surface area (Å²) in [4.78, 5) is 0. The highest BCUT2D eigenvalue weighted by Crippen LogP contribution is 2.45. The topological polar surface area (TPSA) is 26.3 Å². The molecule has 2 nitrogen and oxygen atoms in total. The van der Waals surface area contributed by atoms with Crippen molar-refractivity contribution in [3.8, 4) is 5.75 Å². The lowest BCUT2D eigenvalue weighted by molar-refractivity contribution is 0.410. The van der Waals surface area contributed by atoms with E-state index in [-0.39, 0.29) is 0 Å². The first kappa shape index (κ1) is 13.3. The van der Waals surface area contributed by atoms with Crippen LogP contribution in [0.5, 0.6) is 5.75 Å². The van der Waals surface area contributed by atoms with Crippen molar-refractivity contribution >= 4 is 7.14 Å². The monoisotopic (exact) mass is 240 g/mol. The maximum absolute atomic E-state index is 12.3. The minimum atomic E-state index is -1.93. The van der Waals surface area contributed by atoms with Crippen molar-refractivity contribution in [3.63, 3.8) is 0 Å². The van der Waals surface area contributed by atoms with Crippen molar-refractivity contribution in [2.45, 2.75) is 20.3 Å². The molecule has 0 fully saturated rings. The van der Waals surface area contributed by atoms with Gasteiger partial charge in [-0.3, -0.25) is 0 Å². The summed E-state index contributed by atoms with van der Waals surface area (Å²) in [5.74, 6) is 0.904. The van der Waals surface area contributed by atoms with Crippen molar-refractivity contribution in [1.29, 1.82) is 0 Å². The van der Waals surface area contributed by atoms with Crippen LogP contribution in [-0.2, 0) is 11.0 Å². The fraction of sp³-hybridized carbons (Fsp3) is 0.538. The quantitative estimate of drug-likeness (QED) is 0.709. The Labute approximate surface area is 98.4 Å². The summed E-state index contributed by atoms with van der Waals surface area (Å²) in [7, 11) is -0.254. The molecular weight excluding hydrogens is 219 g/mol. The highest BCUT2D eigenvalue weighted by molar-refractivity contribution is 7.63. The van der Waals surface area contributed by atoms with E-state index >= 15 is 0 Å². The first-order chi connectivity index (χ1) is 7.65. The molecule has 0 amide bonds. The van der Waals surface area contributed by atoms with Crippen molar-refractivity contribution in [2.75, 3.05) is 25.6 Å². The van der Waals surface area contributed by atoms with Gasteiger partial charge in [-0.25, -0.2) is 0 Å². The lowest BCUT2D eigenvalue weighted by Gasteiger charge is -2.15. The van der Waals surface area contributed by atoms with Gasteiger partial charge in [-0.05, 0) is 30.4 Å². The summed E-state index contributed by atoms with van der Waals surface area (Å²) in [5.41, 5.74) is 1.16. The molecule has 3 heteroatoms. The third-order valence-corrected chi connectivity index (χ3v) is 6.48. The Bertz CT molecular complexity index is 366. The summed E-state index contributed by atoms with van der Waals surface area (Å²) in [6.07, 6.45) is 3.25. The van der Waals surface area contributed by atoms with E-state index in [1.165, 1.54) is 0 Å². The molecule has 0 heterocycles. The SMILES string of the molecule is CCP(=O)(CC)CCc1ccccc1OC. The fourth-order valence-electron chi connectivity index (χ4n) is 1.77. The Kier molecular flexibility index (Phi) is 5.08. The summed E-state index contributed by atoms with van der Waals surface area (Å²) >= 11 is 0. The second-order valence-electron chi connectivity index (χ2n) is 3.98. The Hall–Kier alpha value is -0.750. The lowest BCUT2D eigenvalue weighted by Crippen LogP contribution is -2.01. The van der Waals surface area contributed by atoms with Crippen LogP contribution in [0, 0.1) is 0 Å². The molecule has 1 aromatic carbocycles. The largest absolute Gasteiger partial charge is 0.496 e. The van der Waals surface area contributed by atoms with Crippen LogP contribution in [0.1, 0.15) is 19.4 Å². The van der Waals surface area contributed by atoms with Gasteiger partial charge in [-0.1, -0.05) is 32.0 Å². The maximum atomic E-state index is 12.3. The van der Waals surface area contributed by atoms with E-state index in [2.05, 4.69) is 6.07 Å². The molecular formula is C13H21O2P. The van der Waals surface area contributed by atoms with Crippen LogP contribution >= 0.6 is 7.14 Å². The fourth-order valence-corrected chi connectivity index (χ4v) is 3.50. The van der Waals surface area contributed by atoms with Crippen LogP contribution in [0.2, 0.25) is 0 Å². The third kappa shape index (κ3) is 3.38. The second-order valence-corrected chi connectivity index (χ2v) is 7.80. The van der Waals surface area contributed by atoms with Crippen LogP contribution in [-0.4, -0.2) is 25.6 Å². The standard InChI is InChI=1S/C13H21O2P/c1-4-16(14,5-2)11-10-12-8-6-7-9-13(12)15-3/h6-9H,4-5,10-11H2,1-3H3. The smallest absolute Gasteiger partial charge is 0.122 e. The molecule has 16 heavy (non-hydrogen) atoms. The van der Waals surface area contributed by atoms with Gasteiger partial charge in [-0.15, -0.1) is 0 Å². The molecule has 0 atom stereocenters. The average Bonchev–Trinajstić information content (AvgIpc) is 2.36. The van der Waals surface area contributed by atoms with Crippen LogP contribution in [0.25, 0.3) is 0 Å². The molecule has 1 aromatic rings. The Balaban J connectivity index is 2.71. The number of hydrogen-bond donors (Lipinski definition) is 0. The zero-order valence-corrected chi connectivity index (χ0v) is 11.3. The first-order valence-corrected chi connectivity index (χ1v) is 8.10. The number of methoxy groups -OCH3 is 1. The Morgan fingerprint density at radius 1 is 1.19 bits per heavy atom. The highest BCUT2D eigenvalue weighted by atomic mass is 31.2. The van der Waals surface area contributed by atoms with Gasteiger partial charge in [0.1, 0.15) is 5.75 Å². The molecule has 0 saturated heterocycles. The molecule has 0 radical (unpaired) electrons. The molecule has 90 valence electrons. The molecule has 0 N–H and O–H groups in total. The van der Waals surface area contributed by atoms with E-state index in [0.29, 0.717) is 0 Å². The molecule has 0 aliphatic rings. The first-order valence-electron chi connectivity index (χ1n) is 5.84. The van der Waals surface area contributed by atoms with Gasteiger partial charge in [0, 0.05) is 6.16 Å². The number of hydrogen-bond acceptors (Lipinski definition) is 2. The highest BCUT2D eigenvalue weighted by Gasteiger charge is 2.17. The van der Waals surface area contributed by atoms with Crippen LogP contribution in [0.4, 0.5) is 0 Å². The van der Waals surface area contributed by atoms with Gasteiger partial charge < -0.3 is 9.30 Å². The van der Waals surface area contributed by atoms with Gasteiger partial charge in [0.15, 0.2) is 0 Å². The van der Waals surface area contributed by atoms with E-state index in [4.69, 9.17) is 4.74 Å². The minimum Gasteiger partial charge on any atom is -0.496 e. The average molecular weight is 240 g/mol. The van der Waals surface area contributed by atoms with Crippen LogP contribution in [0.3, 0.4) is 0 Å². The predicted molar refractivity (Wildman–Crippen MR) is 70.3 cm³/mol. The zero-order valence-electron chi connectivity index (χ0n) is 10.4. The molecule has 0 aromatic heterocycles. The molecule has 0 saturated carbocycles. The third-order valence-electron chi connectivity index (χ3n) is 3.13. The van der Waals surface area contributed by atoms with Gasteiger partial charge in [0.25, 0.3) is 0 Å². The van der Waals surface area contributed by atoms with Crippen LogP contribution < -0.4 is 4.74 Å². The Morgan fingerprint density at radius 2 is 1.81 bits per heavy atom. The predicted octanol–water partition coefficient (Wildman–Crippen LogP) is 3.64. The molecule has 0 bridgehead atoms. The number of benzene rings is 1. The van der Waals surface area contributed by atoms with Crippen LogP contribution in [0.15, 0.2) is 24.3 Å². The number of ether oxygens (including phenoxy) is 1. The minimum absolute atomic E-state index is 0.792. The number of para-hydroxylation sites is 1. The molecule has 0 aliphatic carbocycles. The number of rotatable bonds is 6. The van der Waals surface area contributed by atoms with Crippen molar-refractivity contribution in [3.05, 3.63) is 29.8 Å². The molecule has 0 unspecified atom stereocenters. The van der Waals surface area contributed by atoms with Crippen molar-refractivity contribution < 1.29 is 9.30 Å². The van der Waals surface area contributed by atoms with Gasteiger partial charge in [0.05, 0.1) is 14.3 Å². The molecule has 1 rings (SSSR count). The van der Waals surface area contributed by atoms with E-state index in [1.54, 1.807) is 7.11 Å². The summed E-state index contributed by atoms with van der Waals surface area (Å²) in [6, 6.07) is 7.97. The lowest BCUT2D eigenvalue weighted by atomic mass is 10.1. The Morgan fingerprint density at radius 3 is 2.38 bits per heavy atom. The van der Waals surface area contributed by atoms with Gasteiger partial charge in [-0.2, -0.15) is 0 Å². The maximum Gasteiger partial charge on any atom is 0.122 e. The van der Waals surface area contributed by atoms with E-state index < -0.39 is 7.14 Å². The summed E-state index contributed by atoms with van der Waals surface area (Å²) in [5, 5.41) is 0. The molecule has 0 spiro atoms. The number of aryl methyl sites for hydroxylation is 1. The van der Waals surface area contributed by atoms with Crippen molar-refractivity contribution in [2.24, 2.45) is 0 Å². The van der Waals surface area contributed by atoms with Gasteiger partial charge in [0.2, 0.25) is 0 Å². The van der Waals surface area contributed by atoms with E-state index in [9.17, 15) is 4.57 Å². The van der Waals surface area contributed by atoms with E-state index in [0.717, 1.165) is 36.2 Å².